The number of nitrogens with zero attached hydrogens (tertiary/aromatic N) is 6. The van der Waals surface area contributed by atoms with Gasteiger partial charge in [0, 0.05) is 50.9 Å². The SMILES string of the molecule is COc1cc2c(N3CCN(c4cnn(C)c4)CC3)ncnc2cc1F. The molecule has 0 N–H and O–H groups in total. The van der Waals surface area contributed by atoms with Crippen LogP contribution in [0.5, 0.6) is 5.75 Å². The van der Waals surface area contributed by atoms with Crippen molar-refractivity contribution < 1.29 is 9.13 Å². The van der Waals surface area contributed by atoms with Gasteiger partial charge in [-0.3, -0.25) is 4.68 Å². The zero-order chi connectivity index (χ0) is 17.4. The summed E-state index contributed by atoms with van der Waals surface area (Å²) < 4.78 is 20.8. The van der Waals surface area contributed by atoms with Gasteiger partial charge in [-0.2, -0.15) is 5.10 Å². The summed E-state index contributed by atoms with van der Waals surface area (Å²) in [7, 11) is 3.37. The molecule has 0 spiro atoms. The molecule has 0 bridgehead atoms. The van der Waals surface area contributed by atoms with Crippen molar-refractivity contribution in [1.82, 2.24) is 19.7 Å². The summed E-state index contributed by atoms with van der Waals surface area (Å²) in [4.78, 5) is 13.1. The molecule has 1 aromatic carbocycles. The van der Waals surface area contributed by atoms with Crippen molar-refractivity contribution in [3.8, 4) is 5.75 Å². The minimum absolute atomic E-state index is 0.206. The zero-order valence-corrected chi connectivity index (χ0v) is 14.2. The van der Waals surface area contributed by atoms with Crippen molar-refractivity contribution in [1.29, 1.82) is 0 Å². The highest BCUT2D eigenvalue weighted by atomic mass is 19.1. The monoisotopic (exact) mass is 342 g/mol. The van der Waals surface area contributed by atoms with Crippen LogP contribution >= 0.6 is 0 Å². The Kier molecular flexibility index (Phi) is 3.87. The molecular weight excluding hydrogens is 323 g/mol. The maximum atomic E-state index is 13.9. The molecule has 8 heteroatoms. The Morgan fingerprint density at radius 1 is 1.08 bits per heavy atom. The van der Waals surface area contributed by atoms with Crippen LogP contribution in [0.2, 0.25) is 0 Å². The summed E-state index contributed by atoms with van der Waals surface area (Å²) in [5.74, 6) is 0.604. The summed E-state index contributed by atoms with van der Waals surface area (Å²) in [6, 6.07) is 3.07. The van der Waals surface area contributed by atoms with Crippen LogP contribution in [0.25, 0.3) is 10.9 Å². The van der Waals surface area contributed by atoms with Crippen molar-refractivity contribution in [2.75, 3.05) is 43.1 Å². The topological polar surface area (TPSA) is 59.3 Å². The van der Waals surface area contributed by atoms with Crippen molar-refractivity contribution in [2.45, 2.75) is 0 Å². The number of benzene rings is 1. The van der Waals surface area contributed by atoms with Gasteiger partial charge < -0.3 is 14.5 Å². The zero-order valence-electron chi connectivity index (χ0n) is 14.2. The van der Waals surface area contributed by atoms with Crippen LogP contribution in [0.1, 0.15) is 0 Å². The van der Waals surface area contributed by atoms with Gasteiger partial charge in [0.25, 0.3) is 0 Å². The summed E-state index contributed by atoms with van der Waals surface area (Å²) in [5.41, 5.74) is 1.71. The summed E-state index contributed by atoms with van der Waals surface area (Å²) in [5, 5.41) is 5.03. The van der Waals surface area contributed by atoms with E-state index in [0.717, 1.165) is 43.1 Å². The number of piperazine rings is 1. The molecule has 1 fully saturated rings. The molecule has 7 nitrogen and oxygen atoms in total. The molecule has 0 radical (unpaired) electrons. The first-order chi connectivity index (χ1) is 12.2. The van der Waals surface area contributed by atoms with Crippen molar-refractivity contribution in [2.24, 2.45) is 7.05 Å². The first-order valence-electron chi connectivity index (χ1n) is 8.12. The standard InChI is InChI=1S/C17H19FN6O/c1-22-10-12(9-21-22)23-3-5-24(6-4-23)17-13-7-16(25-2)14(18)8-15(13)19-11-20-17/h7-11H,3-6H2,1-2H3. The maximum absolute atomic E-state index is 13.9. The molecule has 0 saturated carbocycles. The third-order valence-corrected chi connectivity index (χ3v) is 4.52. The van der Waals surface area contributed by atoms with Gasteiger partial charge >= 0.3 is 0 Å². The van der Waals surface area contributed by atoms with Crippen LogP contribution < -0.4 is 14.5 Å². The number of hydrogen-bond donors (Lipinski definition) is 0. The molecule has 4 rings (SSSR count). The summed E-state index contributed by atoms with van der Waals surface area (Å²) in [6.07, 6.45) is 5.38. The third kappa shape index (κ3) is 2.84. The molecule has 2 aromatic heterocycles. The molecule has 1 aliphatic rings. The van der Waals surface area contributed by atoms with E-state index in [1.54, 1.807) is 10.7 Å². The molecule has 0 amide bonds. The van der Waals surface area contributed by atoms with Crippen LogP contribution in [-0.4, -0.2) is 53.0 Å². The number of aryl methyl sites for hydroxylation is 1. The predicted molar refractivity (Wildman–Crippen MR) is 93.7 cm³/mol. The lowest BCUT2D eigenvalue weighted by atomic mass is 10.2. The Morgan fingerprint density at radius 3 is 2.52 bits per heavy atom. The van der Waals surface area contributed by atoms with E-state index >= 15 is 0 Å². The van der Waals surface area contributed by atoms with Gasteiger partial charge in [0.2, 0.25) is 0 Å². The van der Waals surface area contributed by atoms with E-state index in [-0.39, 0.29) is 5.75 Å². The minimum Gasteiger partial charge on any atom is -0.494 e. The molecule has 0 unspecified atom stereocenters. The number of ether oxygens (including phenoxy) is 1. The van der Waals surface area contributed by atoms with Gasteiger partial charge in [-0.1, -0.05) is 0 Å². The number of anilines is 2. The Morgan fingerprint density at radius 2 is 1.84 bits per heavy atom. The average Bonchev–Trinajstić information content (AvgIpc) is 3.07. The van der Waals surface area contributed by atoms with Crippen molar-refractivity contribution in [3.63, 3.8) is 0 Å². The van der Waals surface area contributed by atoms with Gasteiger partial charge in [-0.15, -0.1) is 0 Å². The number of fused-ring (bicyclic) bond motifs is 1. The lowest BCUT2D eigenvalue weighted by molar-refractivity contribution is 0.387. The second kappa shape index (κ2) is 6.19. The smallest absolute Gasteiger partial charge is 0.167 e. The number of halogens is 1. The molecule has 3 aromatic rings. The van der Waals surface area contributed by atoms with E-state index in [4.69, 9.17) is 4.74 Å². The summed E-state index contributed by atoms with van der Waals surface area (Å²) in [6.45, 7) is 3.38. The van der Waals surface area contributed by atoms with E-state index in [9.17, 15) is 4.39 Å². The second-order valence-electron chi connectivity index (χ2n) is 6.05. The highest BCUT2D eigenvalue weighted by Gasteiger charge is 2.21. The van der Waals surface area contributed by atoms with Crippen LogP contribution in [-0.2, 0) is 7.05 Å². The van der Waals surface area contributed by atoms with Crippen LogP contribution in [0, 0.1) is 5.82 Å². The van der Waals surface area contributed by atoms with Crippen molar-refractivity contribution in [3.05, 3.63) is 36.7 Å². The molecule has 1 saturated heterocycles. The lowest BCUT2D eigenvalue weighted by Crippen LogP contribution is -2.46. The third-order valence-electron chi connectivity index (χ3n) is 4.52. The predicted octanol–water partition coefficient (Wildman–Crippen LogP) is 1.84. The van der Waals surface area contributed by atoms with E-state index < -0.39 is 5.82 Å². The molecule has 0 aliphatic carbocycles. The van der Waals surface area contributed by atoms with Gasteiger partial charge in [-0.05, 0) is 6.07 Å². The number of hydrogen-bond acceptors (Lipinski definition) is 6. The van der Waals surface area contributed by atoms with E-state index in [2.05, 4.69) is 24.9 Å². The number of rotatable bonds is 3. The molecule has 130 valence electrons. The number of methoxy groups -OCH3 is 1. The fourth-order valence-corrected chi connectivity index (χ4v) is 3.20. The summed E-state index contributed by atoms with van der Waals surface area (Å²) >= 11 is 0. The normalized spacial score (nSPS) is 15.0. The highest BCUT2D eigenvalue weighted by Crippen LogP contribution is 2.30. The average molecular weight is 342 g/mol. The van der Waals surface area contributed by atoms with E-state index in [1.807, 2.05) is 19.4 Å². The largest absolute Gasteiger partial charge is 0.494 e. The maximum Gasteiger partial charge on any atom is 0.167 e. The fraction of sp³-hybridized carbons (Fsp3) is 0.353. The van der Waals surface area contributed by atoms with Crippen LogP contribution in [0.4, 0.5) is 15.9 Å². The molecule has 3 heterocycles. The Labute approximate surface area is 144 Å². The molecule has 25 heavy (non-hydrogen) atoms. The molecule has 0 atom stereocenters. The fourth-order valence-electron chi connectivity index (χ4n) is 3.20. The van der Waals surface area contributed by atoms with E-state index in [0.29, 0.717) is 5.52 Å². The Balaban J connectivity index is 1.60. The van der Waals surface area contributed by atoms with Crippen molar-refractivity contribution >= 4 is 22.4 Å². The van der Waals surface area contributed by atoms with Gasteiger partial charge in [0.1, 0.15) is 12.1 Å². The first kappa shape index (κ1) is 15.6. The van der Waals surface area contributed by atoms with Gasteiger partial charge in [0.05, 0.1) is 24.5 Å². The first-order valence-corrected chi connectivity index (χ1v) is 8.12. The second-order valence-corrected chi connectivity index (χ2v) is 6.05. The van der Waals surface area contributed by atoms with Crippen LogP contribution in [0.3, 0.4) is 0 Å². The molecule has 1 aliphatic heterocycles. The quantitative estimate of drug-likeness (QED) is 0.724. The minimum atomic E-state index is -0.416. The van der Waals surface area contributed by atoms with Crippen LogP contribution in [0.15, 0.2) is 30.9 Å². The highest BCUT2D eigenvalue weighted by molar-refractivity contribution is 5.90. The lowest BCUT2D eigenvalue weighted by Gasteiger charge is -2.36. The molecular formula is C17H19FN6O. The van der Waals surface area contributed by atoms with Gasteiger partial charge in [-0.25, -0.2) is 14.4 Å². The Bertz CT molecular complexity index is 903. The van der Waals surface area contributed by atoms with E-state index in [1.165, 1.54) is 19.5 Å². The van der Waals surface area contributed by atoms with Gasteiger partial charge in [0.15, 0.2) is 11.6 Å². The Hall–Kier alpha value is -2.90. The number of aromatic nitrogens is 4.